The number of aromatic carboxylic acids is 1. The Balaban J connectivity index is 1.54. The van der Waals surface area contributed by atoms with Gasteiger partial charge >= 0.3 is 5.97 Å². The number of nitrogens with one attached hydrogen (secondary N) is 2. The van der Waals surface area contributed by atoms with Crippen molar-refractivity contribution in [3.63, 3.8) is 0 Å². The van der Waals surface area contributed by atoms with Crippen LogP contribution in [-0.2, 0) is 16.0 Å². The molecule has 0 spiro atoms. The van der Waals surface area contributed by atoms with E-state index in [4.69, 9.17) is 16.7 Å². The first-order valence-corrected chi connectivity index (χ1v) is 11.4. The zero-order valence-corrected chi connectivity index (χ0v) is 20.2. The third-order valence-corrected chi connectivity index (χ3v) is 5.58. The molecule has 0 unspecified atom stereocenters. The molecule has 13 heteroatoms. The Labute approximate surface area is 220 Å². The van der Waals surface area contributed by atoms with Crippen molar-refractivity contribution in [3.05, 3.63) is 101 Å². The molecule has 192 valence electrons. The lowest BCUT2D eigenvalue weighted by atomic mass is 10.0. The molecule has 3 N–H and O–H groups in total. The number of carbonyl (C=O) groups is 3. The van der Waals surface area contributed by atoms with Gasteiger partial charge in [-0.3, -0.25) is 9.59 Å². The smallest absolute Gasteiger partial charge is 0.337 e. The molecular weight excluding hydrogens is 517 g/mol. The average molecular weight is 536 g/mol. The van der Waals surface area contributed by atoms with Gasteiger partial charge < -0.3 is 15.7 Å². The summed E-state index contributed by atoms with van der Waals surface area (Å²) >= 11 is 5.92. The Hall–Kier alpha value is -4.97. The molecule has 0 aliphatic carbocycles. The normalized spacial score (nSPS) is 11.7. The number of hydrogen-bond acceptors (Lipinski definition) is 7. The van der Waals surface area contributed by atoms with E-state index in [9.17, 15) is 18.8 Å². The Kier molecular flexibility index (Phi) is 8.14. The van der Waals surface area contributed by atoms with E-state index < -0.39 is 29.6 Å². The molecule has 4 rings (SSSR count). The fourth-order valence-electron chi connectivity index (χ4n) is 3.43. The van der Waals surface area contributed by atoms with E-state index >= 15 is 0 Å². The summed E-state index contributed by atoms with van der Waals surface area (Å²) in [6, 6.07) is 13.4. The lowest BCUT2D eigenvalue weighted by molar-refractivity contribution is -0.123. The molecule has 0 fully saturated rings. The van der Waals surface area contributed by atoms with E-state index in [0.29, 0.717) is 0 Å². The second kappa shape index (κ2) is 11.8. The fraction of sp³-hybridized carbons (Fsp3) is 0.0800. The van der Waals surface area contributed by atoms with Gasteiger partial charge in [0.2, 0.25) is 11.8 Å². The molecule has 2 aromatic carbocycles. The van der Waals surface area contributed by atoms with Gasteiger partial charge in [0, 0.05) is 24.3 Å². The van der Waals surface area contributed by atoms with E-state index in [1.807, 2.05) is 6.07 Å². The third-order valence-electron chi connectivity index (χ3n) is 5.28. The topological polar surface area (TPSA) is 152 Å². The molecular formula is C25H19ClFN7O4. The number of amides is 2. The van der Waals surface area contributed by atoms with Crippen molar-refractivity contribution in [2.24, 2.45) is 0 Å². The van der Waals surface area contributed by atoms with Crippen LogP contribution < -0.4 is 10.6 Å². The van der Waals surface area contributed by atoms with Crippen molar-refractivity contribution in [3.8, 4) is 5.69 Å². The number of carbonyl (C=O) groups excluding carboxylic acids is 2. The number of nitrogens with zero attached hydrogens (tertiary/aromatic N) is 5. The van der Waals surface area contributed by atoms with Crippen LogP contribution in [0, 0.1) is 5.82 Å². The van der Waals surface area contributed by atoms with E-state index in [1.54, 1.807) is 24.3 Å². The van der Waals surface area contributed by atoms with E-state index in [-0.39, 0.29) is 34.1 Å². The molecule has 0 saturated carbocycles. The molecule has 0 saturated heterocycles. The highest BCUT2D eigenvalue weighted by Crippen LogP contribution is 2.25. The summed E-state index contributed by atoms with van der Waals surface area (Å²) in [6.07, 6.45) is 4.77. The van der Waals surface area contributed by atoms with Crippen LogP contribution in [0.15, 0.2) is 73.2 Å². The van der Waals surface area contributed by atoms with Crippen molar-refractivity contribution in [1.29, 1.82) is 0 Å². The molecule has 4 aromatic rings. The molecule has 0 radical (unpaired) electrons. The summed E-state index contributed by atoms with van der Waals surface area (Å²) in [7, 11) is 0. The van der Waals surface area contributed by atoms with Crippen LogP contribution in [0.1, 0.15) is 21.5 Å². The number of tetrazole rings is 1. The summed E-state index contributed by atoms with van der Waals surface area (Å²) in [5, 5.41) is 24.8. The van der Waals surface area contributed by atoms with Gasteiger partial charge in [0.05, 0.1) is 16.3 Å². The number of pyridine rings is 1. The maximum atomic E-state index is 14.8. The fourth-order valence-corrected chi connectivity index (χ4v) is 3.60. The summed E-state index contributed by atoms with van der Waals surface area (Å²) in [6.45, 7) is 0. The van der Waals surface area contributed by atoms with Crippen LogP contribution in [0.3, 0.4) is 0 Å². The molecule has 38 heavy (non-hydrogen) atoms. The number of benzene rings is 2. The molecule has 2 aromatic heterocycles. The minimum absolute atomic E-state index is 0.0354. The molecule has 0 bridgehead atoms. The minimum Gasteiger partial charge on any atom is -0.478 e. The first kappa shape index (κ1) is 26.1. The van der Waals surface area contributed by atoms with Crippen LogP contribution in [0.25, 0.3) is 11.8 Å². The maximum absolute atomic E-state index is 14.8. The summed E-state index contributed by atoms with van der Waals surface area (Å²) in [5.41, 5.74) is 0.937. The lowest BCUT2D eigenvalue weighted by Crippen LogP contribution is -2.44. The first-order chi connectivity index (χ1) is 18.3. The SMILES string of the molecule is O=C(C=Cc1c(-n2cnnn2)ccc(Cl)c1F)N[C@@H](Cc1ccccc1)C(=O)Nc1ccc(C(=O)O)cn1. The molecule has 0 aliphatic rings. The zero-order chi connectivity index (χ0) is 27.1. The summed E-state index contributed by atoms with van der Waals surface area (Å²) < 4.78 is 16.0. The summed E-state index contributed by atoms with van der Waals surface area (Å²) in [4.78, 5) is 40.8. The van der Waals surface area contributed by atoms with Gasteiger partial charge in [-0.05, 0) is 46.3 Å². The van der Waals surface area contributed by atoms with Gasteiger partial charge in [0.15, 0.2) is 5.82 Å². The second-order valence-electron chi connectivity index (χ2n) is 7.86. The van der Waals surface area contributed by atoms with Crippen LogP contribution in [0.2, 0.25) is 5.02 Å². The Morgan fingerprint density at radius 3 is 2.55 bits per heavy atom. The van der Waals surface area contributed by atoms with Crippen LogP contribution in [0.5, 0.6) is 0 Å². The van der Waals surface area contributed by atoms with Crippen molar-refractivity contribution in [2.45, 2.75) is 12.5 Å². The zero-order valence-electron chi connectivity index (χ0n) is 19.5. The maximum Gasteiger partial charge on any atom is 0.337 e. The van der Waals surface area contributed by atoms with Gasteiger partial charge in [-0.1, -0.05) is 41.9 Å². The largest absolute Gasteiger partial charge is 0.478 e. The van der Waals surface area contributed by atoms with Crippen LogP contribution >= 0.6 is 11.6 Å². The highest BCUT2D eigenvalue weighted by atomic mass is 35.5. The molecule has 0 aliphatic heterocycles. The van der Waals surface area contributed by atoms with Crippen LogP contribution in [-0.4, -0.2) is 54.1 Å². The standard InChI is InChI=1S/C25H19ClFN7O4/c26-18-8-9-20(34-14-29-32-33-34)17(23(18)27)7-11-22(35)30-19(12-15-4-2-1-3-5-15)24(36)31-21-10-6-16(13-28-21)25(37)38/h1-11,13-14,19H,12H2,(H,30,35)(H,37,38)(H,28,31,36)/t19-/m0/s1. The highest BCUT2D eigenvalue weighted by molar-refractivity contribution is 6.31. The highest BCUT2D eigenvalue weighted by Gasteiger charge is 2.22. The van der Waals surface area contributed by atoms with Gasteiger partial charge in [-0.25, -0.2) is 14.2 Å². The number of halogens is 2. The molecule has 1 atom stereocenters. The van der Waals surface area contributed by atoms with Gasteiger partial charge in [-0.15, -0.1) is 5.10 Å². The van der Waals surface area contributed by atoms with Gasteiger partial charge in [-0.2, -0.15) is 4.68 Å². The predicted molar refractivity (Wildman–Crippen MR) is 135 cm³/mol. The molecule has 2 amide bonds. The average Bonchev–Trinajstić information content (AvgIpc) is 3.45. The number of carboxylic acid groups (broad SMARTS) is 1. The van der Waals surface area contributed by atoms with Gasteiger partial charge in [0.25, 0.3) is 0 Å². The van der Waals surface area contributed by atoms with Crippen LogP contribution in [0.4, 0.5) is 10.2 Å². The monoisotopic (exact) mass is 535 g/mol. The van der Waals surface area contributed by atoms with E-state index in [1.165, 1.54) is 41.4 Å². The number of hydrogen-bond donors (Lipinski definition) is 3. The number of rotatable bonds is 9. The number of anilines is 1. The number of carboxylic acids is 1. The third kappa shape index (κ3) is 6.42. The Bertz CT molecular complexity index is 1480. The lowest BCUT2D eigenvalue weighted by Gasteiger charge is -2.18. The summed E-state index contributed by atoms with van der Waals surface area (Å²) in [5.74, 6) is -3.10. The molecule has 2 heterocycles. The molecule has 11 nitrogen and oxygen atoms in total. The predicted octanol–water partition coefficient (Wildman–Crippen LogP) is 2.93. The Morgan fingerprint density at radius 1 is 1.11 bits per heavy atom. The van der Waals surface area contributed by atoms with Crippen molar-refractivity contribution < 1.29 is 23.9 Å². The van der Waals surface area contributed by atoms with Gasteiger partial charge in [0.1, 0.15) is 18.2 Å². The second-order valence-corrected chi connectivity index (χ2v) is 8.27. The quantitative estimate of drug-likeness (QED) is 0.277. The number of aromatic nitrogens is 5. The minimum atomic E-state index is -1.16. The van der Waals surface area contributed by atoms with Crippen molar-refractivity contribution >= 4 is 41.3 Å². The van der Waals surface area contributed by atoms with Crippen molar-refractivity contribution in [1.82, 2.24) is 30.5 Å². The van der Waals surface area contributed by atoms with E-state index in [0.717, 1.165) is 17.8 Å². The van der Waals surface area contributed by atoms with Crippen molar-refractivity contribution in [2.75, 3.05) is 5.32 Å². The first-order valence-electron chi connectivity index (χ1n) is 11.1. The Morgan fingerprint density at radius 2 is 1.89 bits per heavy atom. The van der Waals surface area contributed by atoms with E-state index in [2.05, 4.69) is 31.1 Å².